The second kappa shape index (κ2) is 5.86. The largest absolute Gasteiger partial charge is 0.333 e. The lowest BCUT2D eigenvalue weighted by atomic mass is 10.1. The summed E-state index contributed by atoms with van der Waals surface area (Å²) in [7, 11) is 0. The van der Waals surface area contributed by atoms with Gasteiger partial charge in [-0.2, -0.15) is 0 Å². The zero-order chi connectivity index (χ0) is 16.8. The van der Waals surface area contributed by atoms with Crippen molar-refractivity contribution in [1.29, 1.82) is 0 Å². The number of aromatic amines is 1. The summed E-state index contributed by atoms with van der Waals surface area (Å²) < 4.78 is 0. The van der Waals surface area contributed by atoms with Crippen LogP contribution in [0.25, 0.3) is 11.0 Å². The van der Waals surface area contributed by atoms with Gasteiger partial charge in [-0.15, -0.1) is 11.3 Å². The summed E-state index contributed by atoms with van der Waals surface area (Å²) >= 11 is 7.88. The Morgan fingerprint density at radius 1 is 1.46 bits per heavy atom. The number of nitrogens with zero attached hydrogens (tertiary/aromatic N) is 3. The molecule has 3 aromatic rings. The molecule has 24 heavy (non-hydrogen) atoms. The molecule has 0 saturated heterocycles. The maximum atomic E-state index is 13.0. The molecule has 1 aromatic carbocycles. The highest BCUT2D eigenvalue weighted by Crippen LogP contribution is 2.35. The number of rotatable bonds is 2. The molecule has 1 aliphatic heterocycles. The van der Waals surface area contributed by atoms with E-state index in [-0.39, 0.29) is 11.9 Å². The molecule has 4 rings (SSSR count). The fourth-order valence-corrected chi connectivity index (χ4v) is 4.48. The van der Waals surface area contributed by atoms with Gasteiger partial charge in [0, 0.05) is 13.0 Å². The van der Waals surface area contributed by atoms with E-state index in [0.29, 0.717) is 28.4 Å². The van der Waals surface area contributed by atoms with Gasteiger partial charge in [0.1, 0.15) is 0 Å². The molecular formula is C17H17ClN4OS. The number of H-pyrrole nitrogens is 1. The molecule has 2 aromatic heterocycles. The molecule has 0 unspecified atom stereocenters. The molecule has 124 valence electrons. The summed E-state index contributed by atoms with van der Waals surface area (Å²) in [4.78, 5) is 28.2. The molecule has 0 spiro atoms. The number of carbonyl (C=O) groups is 1. The number of hydrogen-bond acceptors (Lipinski definition) is 4. The predicted octanol–water partition coefficient (Wildman–Crippen LogP) is 3.99. The van der Waals surface area contributed by atoms with Crippen LogP contribution in [0.5, 0.6) is 0 Å². The highest BCUT2D eigenvalue weighted by atomic mass is 35.5. The summed E-state index contributed by atoms with van der Waals surface area (Å²) in [5.41, 5.74) is 2.56. The van der Waals surface area contributed by atoms with Crippen LogP contribution in [0.1, 0.15) is 46.1 Å². The van der Waals surface area contributed by atoms with Crippen LogP contribution in [0, 0.1) is 0 Å². The van der Waals surface area contributed by atoms with Gasteiger partial charge in [-0.1, -0.05) is 24.6 Å². The highest BCUT2D eigenvalue weighted by Gasteiger charge is 2.32. The number of halogens is 1. The van der Waals surface area contributed by atoms with Crippen molar-refractivity contribution in [1.82, 2.24) is 19.9 Å². The van der Waals surface area contributed by atoms with Crippen molar-refractivity contribution in [3.05, 3.63) is 44.6 Å². The summed E-state index contributed by atoms with van der Waals surface area (Å²) in [6.07, 6.45) is 1.73. The third-order valence-electron chi connectivity index (χ3n) is 4.44. The van der Waals surface area contributed by atoms with E-state index in [0.717, 1.165) is 23.5 Å². The molecule has 0 saturated carbocycles. The molecule has 1 aliphatic rings. The van der Waals surface area contributed by atoms with Crippen LogP contribution in [0.15, 0.2) is 18.2 Å². The third kappa shape index (κ3) is 2.41. The van der Waals surface area contributed by atoms with Gasteiger partial charge in [0.15, 0.2) is 5.82 Å². The number of imidazole rings is 1. The lowest BCUT2D eigenvalue weighted by Gasteiger charge is -2.32. The minimum absolute atomic E-state index is 0.0164. The van der Waals surface area contributed by atoms with Crippen molar-refractivity contribution < 1.29 is 4.79 Å². The SMILES string of the molecule is CCc1nc2c(s1)[C@@H](C)N(C(=O)c1nc3cccc(Cl)c3[nH]1)CC2. The fourth-order valence-electron chi connectivity index (χ4n) is 3.14. The zero-order valence-corrected chi connectivity index (χ0v) is 15.0. The number of fused-ring (bicyclic) bond motifs is 2. The van der Waals surface area contributed by atoms with E-state index >= 15 is 0 Å². The Morgan fingerprint density at radius 2 is 2.29 bits per heavy atom. The second-order valence-electron chi connectivity index (χ2n) is 5.92. The molecule has 1 amide bonds. The van der Waals surface area contributed by atoms with Crippen molar-refractivity contribution in [3.63, 3.8) is 0 Å². The first kappa shape index (κ1) is 15.6. The Hall–Kier alpha value is -1.92. The summed E-state index contributed by atoms with van der Waals surface area (Å²) in [6, 6.07) is 5.49. The first-order valence-electron chi connectivity index (χ1n) is 8.02. The number of nitrogens with one attached hydrogen (secondary N) is 1. The molecule has 0 fully saturated rings. The van der Waals surface area contributed by atoms with E-state index in [1.165, 1.54) is 4.88 Å². The Labute approximate surface area is 148 Å². The number of thiazole rings is 1. The van der Waals surface area contributed by atoms with Crippen molar-refractivity contribution in [2.75, 3.05) is 6.54 Å². The number of amides is 1. The van der Waals surface area contributed by atoms with E-state index < -0.39 is 0 Å². The molecule has 0 bridgehead atoms. The van der Waals surface area contributed by atoms with Crippen LogP contribution in [0.4, 0.5) is 0 Å². The molecule has 5 nitrogen and oxygen atoms in total. The van der Waals surface area contributed by atoms with E-state index in [4.69, 9.17) is 11.6 Å². The highest BCUT2D eigenvalue weighted by molar-refractivity contribution is 7.11. The first-order chi connectivity index (χ1) is 11.6. The molecule has 0 radical (unpaired) electrons. The maximum Gasteiger partial charge on any atom is 0.290 e. The Kier molecular flexibility index (Phi) is 3.81. The monoisotopic (exact) mass is 360 g/mol. The lowest BCUT2D eigenvalue weighted by Crippen LogP contribution is -2.38. The van der Waals surface area contributed by atoms with Crippen molar-refractivity contribution in [2.24, 2.45) is 0 Å². The predicted molar refractivity (Wildman–Crippen MR) is 95.8 cm³/mol. The van der Waals surface area contributed by atoms with Gasteiger partial charge in [0.25, 0.3) is 5.91 Å². The van der Waals surface area contributed by atoms with Crippen LogP contribution >= 0.6 is 22.9 Å². The van der Waals surface area contributed by atoms with E-state index in [1.807, 2.05) is 17.0 Å². The second-order valence-corrected chi connectivity index (χ2v) is 7.44. The quantitative estimate of drug-likeness (QED) is 0.751. The maximum absolute atomic E-state index is 13.0. The van der Waals surface area contributed by atoms with E-state index in [1.54, 1.807) is 17.4 Å². The smallest absolute Gasteiger partial charge is 0.290 e. The standard InChI is InChI=1S/C17H17ClN4OS/c1-3-13-19-12-7-8-22(9(2)15(12)24-13)17(23)16-20-11-6-4-5-10(18)14(11)21-16/h4-6,9H,3,7-8H2,1-2H3,(H,20,21)/t9-/m1/s1. The van der Waals surface area contributed by atoms with Gasteiger partial charge < -0.3 is 9.88 Å². The van der Waals surface area contributed by atoms with Gasteiger partial charge in [0.05, 0.1) is 37.7 Å². The van der Waals surface area contributed by atoms with Crippen LogP contribution < -0.4 is 0 Å². The Bertz CT molecular complexity index is 932. The average Bonchev–Trinajstić information content (AvgIpc) is 3.19. The number of hydrogen-bond donors (Lipinski definition) is 1. The van der Waals surface area contributed by atoms with E-state index in [9.17, 15) is 4.79 Å². The first-order valence-corrected chi connectivity index (χ1v) is 9.21. The number of para-hydroxylation sites is 1. The Balaban J connectivity index is 1.67. The van der Waals surface area contributed by atoms with Gasteiger partial charge >= 0.3 is 0 Å². The molecular weight excluding hydrogens is 344 g/mol. The van der Waals surface area contributed by atoms with Crippen molar-refractivity contribution in [2.45, 2.75) is 32.7 Å². The lowest BCUT2D eigenvalue weighted by molar-refractivity contribution is 0.0669. The fraction of sp³-hybridized carbons (Fsp3) is 0.353. The molecule has 1 atom stereocenters. The van der Waals surface area contributed by atoms with Gasteiger partial charge in [-0.25, -0.2) is 9.97 Å². The molecule has 0 aliphatic carbocycles. The van der Waals surface area contributed by atoms with Crippen LogP contribution in [0.2, 0.25) is 5.02 Å². The van der Waals surface area contributed by atoms with Crippen molar-refractivity contribution in [3.8, 4) is 0 Å². The summed E-state index contributed by atoms with van der Waals surface area (Å²) in [6.45, 7) is 4.82. The summed E-state index contributed by atoms with van der Waals surface area (Å²) in [5.74, 6) is 0.250. The van der Waals surface area contributed by atoms with Crippen LogP contribution in [-0.4, -0.2) is 32.3 Å². The number of carbonyl (C=O) groups excluding carboxylic acids is 1. The number of aryl methyl sites for hydroxylation is 1. The van der Waals surface area contributed by atoms with Gasteiger partial charge in [0.2, 0.25) is 0 Å². The summed E-state index contributed by atoms with van der Waals surface area (Å²) in [5, 5.41) is 1.71. The third-order valence-corrected chi connectivity index (χ3v) is 6.17. The van der Waals surface area contributed by atoms with E-state index in [2.05, 4.69) is 28.8 Å². The molecule has 3 heterocycles. The van der Waals surface area contributed by atoms with Crippen LogP contribution in [-0.2, 0) is 12.8 Å². The minimum Gasteiger partial charge on any atom is -0.333 e. The van der Waals surface area contributed by atoms with Gasteiger partial charge in [-0.05, 0) is 25.5 Å². The number of aromatic nitrogens is 3. The minimum atomic E-state index is -0.0909. The van der Waals surface area contributed by atoms with Gasteiger partial charge in [-0.3, -0.25) is 4.79 Å². The molecule has 7 heteroatoms. The number of benzene rings is 1. The average molecular weight is 361 g/mol. The molecule has 1 N–H and O–H groups in total. The normalized spacial score (nSPS) is 17.3. The Morgan fingerprint density at radius 3 is 3.04 bits per heavy atom. The zero-order valence-electron chi connectivity index (χ0n) is 13.5. The topological polar surface area (TPSA) is 61.9 Å². The van der Waals surface area contributed by atoms with Crippen molar-refractivity contribution >= 4 is 39.9 Å². The van der Waals surface area contributed by atoms with Crippen LogP contribution in [0.3, 0.4) is 0 Å².